The highest BCUT2D eigenvalue weighted by Crippen LogP contribution is 2.33. The van der Waals surface area contributed by atoms with Crippen molar-refractivity contribution in [1.82, 2.24) is 4.57 Å². The molecule has 1 aromatic heterocycles. The number of esters is 2. The fourth-order valence-corrected chi connectivity index (χ4v) is 5.14. The first-order valence-electron chi connectivity index (χ1n) is 11.6. The lowest BCUT2D eigenvalue weighted by atomic mass is 9.96. The predicted octanol–water partition coefficient (Wildman–Crippen LogP) is 2.91. The first-order chi connectivity index (χ1) is 18.3. The van der Waals surface area contributed by atoms with Crippen molar-refractivity contribution in [3.63, 3.8) is 0 Å². The van der Waals surface area contributed by atoms with E-state index in [0.717, 1.165) is 11.3 Å². The number of thiazole rings is 1. The highest BCUT2D eigenvalue weighted by molar-refractivity contribution is 7.07. The Morgan fingerprint density at radius 2 is 1.87 bits per heavy atom. The monoisotopic (exact) mass is 534 g/mol. The fourth-order valence-electron chi connectivity index (χ4n) is 4.10. The summed E-state index contributed by atoms with van der Waals surface area (Å²) in [5, 5.41) is 0. The predicted molar refractivity (Wildman–Crippen MR) is 142 cm³/mol. The third-order valence-corrected chi connectivity index (χ3v) is 6.75. The van der Waals surface area contributed by atoms with Gasteiger partial charge in [-0.05, 0) is 36.8 Å². The van der Waals surface area contributed by atoms with Crippen LogP contribution < -0.4 is 29.1 Å². The largest absolute Gasteiger partial charge is 0.497 e. The van der Waals surface area contributed by atoms with Gasteiger partial charge in [-0.15, -0.1) is 0 Å². The van der Waals surface area contributed by atoms with Crippen LogP contribution in [0.4, 0.5) is 0 Å². The Hall–Kier alpha value is -4.44. The molecule has 1 aliphatic heterocycles. The van der Waals surface area contributed by atoms with Crippen LogP contribution in [0.1, 0.15) is 31.0 Å². The standard InChI is InChI=1S/C28H26N2O7S/c1-6-14-36-27(33)23-16(2)29-28-30(24(23)18-10-12-20(34-4)13-11-18)26(32)22(38-28)15-19-8-7-9-21(35-5)25(19)37-17(3)31/h6-13,15,24H,1,14H2,2-5H3. The number of para-hydroxylation sites is 1. The minimum atomic E-state index is -0.783. The summed E-state index contributed by atoms with van der Waals surface area (Å²) in [6.07, 6.45) is 3.09. The van der Waals surface area contributed by atoms with E-state index in [1.165, 1.54) is 24.7 Å². The molecule has 0 radical (unpaired) electrons. The second-order valence-electron chi connectivity index (χ2n) is 8.21. The summed E-state index contributed by atoms with van der Waals surface area (Å²) < 4.78 is 23.2. The van der Waals surface area contributed by atoms with Gasteiger partial charge in [-0.2, -0.15) is 0 Å². The van der Waals surface area contributed by atoms with E-state index in [9.17, 15) is 14.4 Å². The second-order valence-corrected chi connectivity index (χ2v) is 9.22. The van der Waals surface area contributed by atoms with Crippen LogP contribution in [0.2, 0.25) is 0 Å². The number of fused-ring (bicyclic) bond motifs is 1. The SMILES string of the molecule is C=CCOC(=O)C1=C(C)N=c2sc(=Cc3cccc(OC)c3OC(C)=O)c(=O)n2C1c1ccc(OC)cc1. The molecule has 0 fully saturated rings. The lowest BCUT2D eigenvalue weighted by molar-refractivity contribution is -0.138. The smallest absolute Gasteiger partial charge is 0.338 e. The molecular weight excluding hydrogens is 508 g/mol. The van der Waals surface area contributed by atoms with Gasteiger partial charge in [0.25, 0.3) is 5.56 Å². The molecule has 0 saturated heterocycles. The zero-order valence-electron chi connectivity index (χ0n) is 21.3. The van der Waals surface area contributed by atoms with Crippen LogP contribution in [-0.2, 0) is 14.3 Å². The number of allylic oxidation sites excluding steroid dienone is 1. The van der Waals surface area contributed by atoms with E-state index in [1.807, 2.05) is 0 Å². The van der Waals surface area contributed by atoms with Gasteiger partial charge in [-0.3, -0.25) is 14.2 Å². The summed E-state index contributed by atoms with van der Waals surface area (Å²) in [5.74, 6) is 0.0640. The van der Waals surface area contributed by atoms with Gasteiger partial charge in [0.1, 0.15) is 12.4 Å². The number of nitrogens with zero attached hydrogens (tertiary/aromatic N) is 2. The minimum absolute atomic E-state index is 0.0180. The molecule has 38 heavy (non-hydrogen) atoms. The second kappa shape index (κ2) is 11.3. The molecule has 9 nitrogen and oxygen atoms in total. The number of carbonyl (C=O) groups excluding carboxylic acids is 2. The molecule has 2 aromatic carbocycles. The summed E-state index contributed by atoms with van der Waals surface area (Å²) in [7, 11) is 3.02. The number of methoxy groups -OCH3 is 2. The maximum absolute atomic E-state index is 13.8. The van der Waals surface area contributed by atoms with Gasteiger partial charge in [-0.25, -0.2) is 9.79 Å². The number of carbonyl (C=O) groups is 2. The number of aromatic nitrogens is 1. The summed E-state index contributed by atoms with van der Waals surface area (Å²) in [6.45, 7) is 6.61. The Labute approximate surface area is 222 Å². The molecular formula is C28H26N2O7S. The van der Waals surface area contributed by atoms with Gasteiger partial charge in [0, 0.05) is 12.5 Å². The lowest BCUT2D eigenvalue weighted by Crippen LogP contribution is -2.39. The normalized spacial score (nSPS) is 14.8. The van der Waals surface area contributed by atoms with Crippen LogP contribution in [0.25, 0.3) is 6.08 Å². The average Bonchev–Trinajstić information content (AvgIpc) is 3.21. The van der Waals surface area contributed by atoms with E-state index in [0.29, 0.717) is 37.7 Å². The van der Waals surface area contributed by atoms with Gasteiger partial charge in [-0.1, -0.05) is 48.3 Å². The van der Waals surface area contributed by atoms with Crippen molar-refractivity contribution in [2.75, 3.05) is 20.8 Å². The number of ether oxygens (including phenoxy) is 4. The molecule has 1 atom stereocenters. The van der Waals surface area contributed by atoms with E-state index in [1.54, 1.807) is 62.6 Å². The van der Waals surface area contributed by atoms with Crippen LogP contribution in [0, 0.1) is 0 Å². The minimum Gasteiger partial charge on any atom is -0.497 e. The molecule has 0 spiro atoms. The first-order valence-corrected chi connectivity index (χ1v) is 12.4. The van der Waals surface area contributed by atoms with E-state index in [4.69, 9.17) is 18.9 Å². The molecule has 3 aromatic rings. The number of benzene rings is 2. The van der Waals surface area contributed by atoms with Gasteiger partial charge in [0.05, 0.1) is 36.1 Å². The van der Waals surface area contributed by atoms with Crippen molar-refractivity contribution in [2.45, 2.75) is 19.9 Å². The van der Waals surface area contributed by atoms with Gasteiger partial charge in [0.15, 0.2) is 16.3 Å². The summed E-state index contributed by atoms with van der Waals surface area (Å²) in [4.78, 5) is 43.7. The molecule has 0 aliphatic carbocycles. The number of rotatable bonds is 8. The van der Waals surface area contributed by atoms with Crippen LogP contribution >= 0.6 is 11.3 Å². The van der Waals surface area contributed by atoms with Gasteiger partial charge >= 0.3 is 11.9 Å². The molecule has 0 amide bonds. The van der Waals surface area contributed by atoms with E-state index in [-0.39, 0.29) is 23.5 Å². The third kappa shape index (κ3) is 5.16. The Balaban J connectivity index is 1.94. The van der Waals surface area contributed by atoms with E-state index in [2.05, 4.69) is 11.6 Å². The molecule has 0 N–H and O–H groups in total. The molecule has 1 unspecified atom stereocenters. The molecule has 4 rings (SSSR count). The maximum Gasteiger partial charge on any atom is 0.338 e. The van der Waals surface area contributed by atoms with Crippen LogP contribution in [0.5, 0.6) is 17.2 Å². The molecule has 1 aliphatic rings. The Morgan fingerprint density at radius 1 is 1.13 bits per heavy atom. The molecule has 2 heterocycles. The summed E-state index contributed by atoms with van der Waals surface area (Å²) in [6, 6.07) is 11.4. The van der Waals surface area contributed by atoms with Crippen molar-refractivity contribution in [1.29, 1.82) is 0 Å². The van der Waals surface area contributed by atoms with Crippen LogP contribution in [0.15, 0.2) is 76.2 Å². The Morgan fingerprint density at radius 3 is 2.50 bits per heavy atom. The Kier molecular flexibility index (Phi) is 7.92. The van der Waals surface area contributed by atoms with E-state index >= 15 is 0 Å². The van der Waals surface area contributed by atoms with Crippen molar-refractivity contribution in [2.24, 2.45) is 4.99 Å². The molecule has 196 valence electrons. The lowest BCUT2D eigenvalue weighted by Gasteiger charge is -2.24. The zero-order valence-corrected chi connectivity index (χ0v) is 22.2. The van der Waals surface area contributed by atoms with Gasteiger partial charge < -0.3 is 18.9 Å². The van der Waals surface area contributed by atoms with Crippen molar-refractivity contribution in [3.05, 3.63) is 97.2 Å². The molecule has 0 bridgehead atoms. The van der Waals surface area contributed by atoms with Crippen LogP contribution in [-0.4, -0.2) is 37.3 Å². The molecule has 10 heteroatoms. The number of hydrogen-bond donors (Lipinski definition) is 0. The molecule has 0 saturated carbocycles. The topological polar surface area (TPSA) is 105 Å². The summed E-state index contributed by atoms with van der Waals surface area (Å²) >= 11 is 1.16. The Bertz CT molecular complexity index is 1610. The summed E-state index contributed by atoms with van der Waals surface area (Å²) in [5.41, 5.74) is 1.48. The maximum atomic E-state index is 13.8. The average molecular weight is 535 g/mol. The van der Waals surface area contributed by atoms with Crippen molar-refractivity contribution < 1.29 is 28.5 Å². The first kappa shape index (κ1) is 26.6. The van der Waals surface area contributed by atoms with E-state index < -0.39 is 18.0 Å². The zero-order chi connectivity index (χ0) is 27.4. The van der Waals surface area contributed by atoms with Crippen LogP contribution in [0.3, 0.4) is 0 Å². The van der Waals surface area contributed by atoms with Gasteiger partial charge in [0.2, 0.25) is 0 Å². The van der Waals surface area contributed by atoms with Crippen molar-refractivity contribution in [3.8, 4) is 17.2 Å². The highest BCUT2D eigenvalue weighted by Gasteiger charge is 2.33. The number of hydrogen-bond acceptors (Lipinski definition) is 9. The van der Waals surface area contributed by atoms with Crippen molar-refractivity contribution >= 4 is 29.4 Å². The quantitative estimate of drug-likeness (QED) is 0.249. The third-order valence-electron chi connectivity index (χ3n) is 5.77. The highest BCUT2D eigenvalue weighted by atomic mass is 32.1. The fraction of sp³-hybridized carbons (Fsp3) is 0.214.